The van der Waals surface area contributed by atoms with Crippen molar-refractivity contribution < 1.29 is 0 Å². The molecule has 0 amide bonds. The van der Waals surface area contributed by atoms with Gasteiger partial charge in [0, 0.05) is 50.5 Å². The average Bonchev–Trinajstić information content (AvgIpc) is 3.55. The van der Waals surface area contributed by atoms with Gasteiger partial charge in [-0.15, -0.1) is 0 Å². The molecular formula is C51H53N3. The van der Waals surface area contributed by atoms with E-state index in [0.717, 1.165) is 50.9 Å². The third-order valence-corrected chi connectivity index (χ3v) is 9.13. The highest BCUT2D eigenvalue weighted by Gasteiger charge is 2.21. The first-order valence-corrected chi connectivity index (χ1v) is 19.1. The maximum absolute atomic E-state index is 3.96. The Balaban J connectivity index is 0.00000136. The molecule has 272 valence electrons. The van der Waals surface area contributed by atoms with E-state index >= 15 is 0 Å². The highest BCUT2D eigenvalue weighted by Crippen LogP contribution is 2.42. The minimum absolute atomic E-state index is 1.09. The lowest BCUT2D eigenvalue weighted by atomic mass is 10.1. The van der Waals surface area contributed by atoms with Crippen molar-refractivity contribution in [3.63, 3.8) is 0 Å². The van der Waals surface area contributed by atoms with Crippen LogP contribution < -0.4 is 9.80 Å². The van der Waals surface area contributed by atoms with Gasteiger partial charge >= 0.3 is 0 Å². The summed E-state index contributed by atoms with van der Waals surface area (Å²) in [6.45, 7) is 18.3. The molecule has 0 N–H and O–H groups in total. The van der Waals surface area contributed by atoms with Crippen LogP contribution in [0.1, 0.15) is 52.7 Å². The number of fused-ring (bicyclic) bond motifs is 3. The molecule has 0 radical (unpaired) electrons. The van der Waals surface area contributed by atoms with Gasteiger partial charge in [0.2, 0.25) is 0 Å². The van der Waals surface area contributed by atoms with Crippen LogP contribution in [0, 0.1) is 6.92 Å². The molecule has 6 aromatic carbocycles. The minimum atomic E-state index is 1.09. The number of para-hydroxylation sites is 3. The molecule has 3 nitrogen and oxygen atoms in total. The topological polar surface area (TPSA) is 11.4 Å². The fourth-order valence-corrected chi connectivity index (χ4v) is 6.87. The predicted octanol–water partition coefficient (Wildman–Crippen LogP) is 15.4. The average molecular weight is 708 g/mol. The third kappa shape index (κ3) is 8.01. The number of hydrogen-bond donors (Lipinski definition) is 0. The number of allylic oxidation sites excluding steroid dienone is 5. The molecule has 1 aromatic heterocycles. The van der Waals surface area contributed by atoms with Gasteiger partial charge in [0.1, 0.15) is 0 Å². The first-order chi connectivity index (χ1) is 26.6. The van der Waals surface area contributed by atoms with Crippen LogP contribution in [-0.2, 0) is 0 Å². The van der Waals surface area contributed by atoms with Crippen molar-refractivity contribution >= 4 is 56.3 Å². The van der Waals surface area contributed by atoms with Crippen molar-refractivity contribution in [3.05, 3.63) is 199 Å². The van der Waals surface area contributed by atoms with E-state index in [1.807, 2.05) is 39.8 Å². The molecule has 3 heteroatoms. The van der Waals surface area contributed by atoms with Crippen LogP contribution in [0.4, 0.5) is 28.4 Å². The lowest BCUT2D eigenvalue weighted by Crippen LogP contribution is -2.15. The molecule has 0 atom stereocenters. The van der Waals surface area contributed by atoms with Gasteiger partial charge in [-0.05, 0) is 105 Å². The lowest BCUT2D eigenvalue weighted by Gasteiger charge is -2.26. The molecule has 54 heavy (non-hydrogen) atoms. The summed E-state index contributed by atoms with van der Waals surface area (Å²) in [5.74, 6) is 0. The predicted molar refractivity (Wildman–Crippen MR) is 239 cm³/mol. The molecule has 0 aliphatic carbocycles. The fourth-order valence-electron chi connectivity index (χ4n) is 6.87. The molecule has 0 bridgehead atoms. The molecule has 0 aliphatic heterocycles. The smallest absolute Gasteiger partial charge is 0.0562 e. The van der Waals surface area contributed by atoms with E-state index in [4.69, 9.17) is 0 Å². The second-order valence-electron chi connectivity index (χ2n) is 12.2. The second-order valence-corrected chi connectivity index (χ2v) is 12.2. The van der Waals surface area contributed by atoms with Crippen LogP contribution in [0.15, 0.2) is 188 Å². The Morgan fingerprint density at radius 3 is 1.74 bits per heavy atom. The van der Waals surface area contributed by atoms with E-state index in [1.165, 1.54) is 21.9 Å². The van der Waals surface area contributed by atoms with Crippen molar-refractivity contribution in [3.8, 4) is 5.69 Å². The van der Waals surface area contributed by atoms with Crippen LogP contribution in [0.2, 0.25) is 0 Å². The van der Waals surface area contributed by atoms with Crippen molar-refractivity contribution in [1.82, 2.24) is 4.57 Å². The highest BCUT2D eigenvalue weighted by molar-refractivity contribution is 6.12. The molecule has 0 spiro atoms. The summed E-state index contributed by atoms with van der Waals surface area (Å²) in [4.78, 5) is 4.66. The van der Waals surface area contributed by atoms with Crippen LogP contribution in [-0.4, -0.2) is 4.57 Å². The fraction of sp³-hybridized carbons (Fsp3) is 0.137. The lowest BCUT2D eigenvalue weighted by molar-refractivity contribution is 1.16. The molecule has 0 saturated carbocycles. The quantitative estimate of drug-likeness (QED) is 0.131. The van der Waals surface area contributed by atoms with E-state index in [0.29, 0.717) is 0 Å². The minimum Gasteiger partial charge on any atom is -0.311 e. The van der Waals surface area contributed by atoms with Crippen molar-refractivity contribution in [2.45, 2.75) is 48.5 Å². The number of rotatable bonds is 10. The Kier molecular flexibility index (Phi) is 13.7. The zero-order chi connectivity index (χ0) is 38.5. The molecule has 0 unspecified atom stereocenters. The van der Waals surface area contributed by atoms with Crippen LogP contribution in [0.25, 0.3) is 33.6 Å². The number of benzene rings is 6. The van der Waals surface area contributed by atoms with E-state index < -0.39 is 0 Å². The Hall–Kier alpha value is -6.32. The van der Waals surface area contributed by atoms with E-state index in [2.05, 4.69) is 212 Å². The zero-order valence-corrected chi connectivity index (χ0v) is 32.9. The summed E-state index contributed by atoms with van der Waals surface area (Å²) >= 11 is 0. The van der Waals surface area contributed by atoms with Crippen molar-refractivity contribution in [1.29, 1.82) is 0 Å². The van der Waals surface area contributed by atoms with Crippen LogP contribution >= 0.6 is 0 Å². The number of aromatic nitrogens is 1. The summed E-state index contributed by atoms with van der Waals surface area (Å²) in [6.07, 6.45) is 12.5. The van der Waals surface area contributed by atoms with Gasteiger partial charge < -0.3 is 14.4 Å². The Morgan fingerprint density at radius 1 is 0.574 bits per heavy atom. The summed E-state index contributed by atoms with van der Waals surface area (Å²) in [7, 11) is 0. The number of nitrogens with zero attached hydrogens (tertiary/aromatic N) is 3. The standard InChI is InChI=1S/C47H41N3.2C2H6/c1-5-8-27-42-35(4)20-18-28-45(42)50-46-32-30-40(48(36(7-3)19-6-2)37-21-12-9-13-22-37)33-44(46)43-31-29-41(34-47(43)50)49(38-23-14-10-15-24-38)39-25-16-11-17-26-39;2*1-2/h5-34H,1H2,2-4H3;2*1-2H3/b19-6-,27-8-,36-7+;;. The Morgan fingerprint density at radius 2 is 1.17 bits per heavy atom. The van der Waals surface area contributed by atoms with Crippen LogP contribution in [0.3, 0.4) is 0 Å². The molecule has 0 saturated heterocycles. The Labute approximate surface area is 323 Å². The summed E-state index contributed by atoms with van der Waals surface area (Å²) in [6, 6.07) is 52.1. The maximum Gasteiger partial charge on any atom is 0.0562 e. The van der Waals surface area contributed by atoms with E-state index in [1.54, 1.807) is 0 Å². The van der Waals surface area contributed by atoms with Gasteiger partial charge in [-0.1, -0.05) is 137 Å². The Bertz CT molecular complexity index is 2320. The highest BCUT2D eigenvalue weighted by atomic mass is 15.2. The van der Waals surface area contributed by atoms with Gasteiger partial charge in [0.15, 0.2) is 0 Å². The molecule has 1 heterocycles. The first-order valence-electron chi connectivity index (χ1n) is 19.1. The summed E-state index contributed by atoms with van der Waals surface area (Å²) < 4.78 is 2.43. The van der Waals surface area contributed by atoms with Crippen molar-refractivity contribution in [2.24, 2.45) is 0 Å². The normalized spacial score (nSPS) is 11.3. The largest absolute Gasteiger partial charge is 0.311 e. The third-order valence-electron chi connectivity index (χ3n) is 9.13. The van der Waals surface area contributed by atoms with E-state index in [-0.39, 0.29) is 0 Å². The van der Waals surface area contributed by atoms with Gasteiger partial charge in [0.05, 0.1) is 16.7 Å². The molecule has 7 rings (SSSR count). The summed E-state index contributed by atoms with van der Waals surface area (Å²) in [5, 5.41) is 2.37. The zero-order valence-electron chi connectivity index (χ0n) is 32.9. The molecular weight excluding hydrogens is 655 g/mol. The van der Waals surface area contributed by atoms with Gasteiger partial charge in [-0.25, -0.2) is 0 Å². The summed E-state index contributed by atoms with van der Waals surface area (Å²) in [5.41, 5.74) is 12.4. The molecule has 0 fully saturated rings. The first kappa shape index (κ1) is 38.9. The van der Waals surface area contributed by atoms with Crippen molar-refractivity contribution in [2.75, 3.05) is 9.80 Å². The maximum atomic E-state index is 3.96. The number of anilines is 5. The number of aryl methyl sites for hydroxylation is 1. The SMILES string of the molecule is C=C/C=C\c1c(C)cccc1-n1c2ccc(N(C(/C=C\C)=C/C)c3ccccc3)cc2c2ccc(N(c3ccccc3)c3ccccc3)cc21.CC.CC. The molecule has 0 aliphatic rings. The van der Waals surface area contributed by atoms with E-state index in [9.17, 15) is 0 Å². The monoisotopic (exact) mass is 707 g/mol. The molecule has 7 aromatic rings. The van der Waals surface area contributed by atoms with Gasteiger partial charge in [-0.3, -0.25) is 0 Å². The van der Waals surface area contributed by atoms with Gasteiger partial charge in [0.25, 0.3) is 0 Å². The number of hydrogen-bond acceptors (Lipinski definition) is 2. The second kappa shape index (κ2) is 19.0. The van der Waals surface area contributed by atoms with Gasteiger partial charge in [-0.2, -0.15) is 0 Å². The van der Waals surface area contributed by atoms with Crippen LogP contribution in [0.5, 0.6) is 0 Å².